The van der Waals surface area contributed by atoms with Crippen LogP contribution >= 0.6 is 0 Å². The van der Waals surface area contributed by atoms with Crippen molar-refractivity contribution in [1.82, 2.24) is 0 Å². The van der Waals surface area contributed by atoms with Crippen LogP contribution in [-0.2, 0) is 22.8 Å². The largest absolute Gasteiger partial charge is 0.381 e. The Morgan fingerprint density at radius 2 is 1.19 bits per heavy atom. The van der Waals surface area contributed by atoms with Crippen LogP contribution in [0.4, 0.5) is 5.69 Å². The van der Waals surface area contributed by atoms with Crippen molar-refractivity contribution in [3.05, 3.63) is 149 Å². The third kappa shape index (κ3) is 5.46. The molecule has 1 N–H and O–H groups in total. The third-order valence-corrected chi connectivity index (χ3v) is 10.2. The molecule has 7 rings (SSSR count). The highest BCUT2D eigenvalue weighted by molar-refractivity contribution is 5.97. The predicted molar refractivity (Wildman–Crippen MR) is 204 cm³/mol. The zero-order valence-electron chi connectivity index (χ0n) is 29.3. The predicted octanol–water partition coefficient (Wildman–Crippen LogP) is 12.7. The van der Waals surface area contributed by atoms with E-state index < -0.39 is 0 Å². The standard InChI is InChI=1S/C46H47N/c1-44(2,3)33-27-40(45(4,5)6)43-41(28-33)46(7,8)39-22-14-21-38(42(39)43)37-19-12-10-16-32(37)29-47-34-25-23-31(24-26-34)36-20-13-17-30-15-9-11-18-35(30)36/h9-28,47H,29H2,1-8H3. The lowest BCUT2D eigenvalue weighted by molar-refractivity contribution is 0.564. The Kier molecular flexibility index (Phi) is 7.43. The summed E-state index contributed by atoms with van der Waals surface area (Å²) < 4.78 is 0. The van der Waals surface area contributed by atoms with Crippen molar-refractivity contribution in [2.45, 2.75) is 78.2 Å². The van der Waals surface area contributed by atoms with Crippen LogP contribution < -0.4 is 5.32 Å². The summed E-state index contributed by atoms with van der Waals surface area (Å²) in [5.41, 5.74) is 16.1. The molecule has 0 unspecified atom stereocenters. The van der Waals surface area contributed by atoms with Crippen molar-refractivity contribution >= 4 is 16.5 Å². The van der Waals surface area contributed by atoms with Gasteiger partial charge in [-0.05, 0) is 94.9 Å². The first-order chi connectivity index (χ1) is 22.3. The smallest absolute Gasteiger partial charge is 0.0406 e. The number of hydrogen-bond acceptors (Lipinski definition) is 1. The molecule has 0 atom stereocenters. The Labute approximate surface area is 281 Å². The summed E-state index contributed by atoms with van der Waals surface area (Å²) in [4.78, 5) is 0. The van der Waals surface area contributed by atoms with Crippen LogP contribution in [0.2, 0.25) is 0 Å². The molecule has 1 aliphatic rings. The molecule has 0 radical (unpaired) electrons. The van der Waals surface area contributed by atoms with Gasteiger partial charge in [0, 0.05) is 17.6 Å². The third-order valence-electron chi connectivity index (χ3n) is 10.2. The van der Waals surface area contributed by atoms with E-state index in [4.69, 9.17) is 0 Å². The van der Waals surface area contributed by atoms with Crippen LogP contribution in [0.5, 0.6) is 0 Å². The molecule has 1 nitrogen and oxygen atoms in total. The quantitative estimate of drug-likeness (QED) is 0.204. The first-order valence-electron chi connectivity index (χ1n) is 17.1. The van der Waals surface area contributed by atoms with Crippen molar-refractivity contribution < 1.29 is 0 Å². The fraction of sp³-hybridized carbons (Fsp3) is 0.261. The summed E-state index contributed by atoms with van der Waals surface area (Å²) in [6.45, 7) is 19.7. The zero-order chi connectivity index (χ0) is 33.1. The SMILES string of the molecule is CC(C)(C)c1cc(C(C)(C)C)c2c(c1)C(C)(C)c1cccc(-c3ccccc3CNc3ccc(-c4cccc5ccccc45)cc3)c1-2. The maximum atomic E-state index is 3.75. The lowest BCUT2D eigenvalue weighted by Gasteiger charge is -2.30. The van der Waals surface area contributed by atoms with Gasteiger partial charge in [0.25, 0.3) is 0 Å². The summed E-state index contributed by atoms with van der Waals surface area (Å²) >= 11 is 0. The number of anilines is 1. The minimum absolute atomic E-state index is 0.00934. The highest BCUT2D eigenvalue weighted by Gasteiger charge is 2.41. The molecule has 0 saturated heterocycles. The van der Waals surface area contributed by atoms with E-state index in [1.807, 2.05) is 0 Å². The Morgan fingerprint density at radius 1 is 0.553 bits per heavy atom. The van der Waals surface area contributed by atoms with Crippen LogP contribution in [0.15, 0.2) is 121 Å². The van der Waals surface area contributed by atoms with Gasteiger partial charge in [-0.15, -0.1) is 0 Å². The molecule has 0 heterocycles. The lowest BCUT2D eigenvalue weighted by Crippen LogP contribution is -2.21. The Hall–Kier alpha value is -4.62. The van der Waals surface area contributed by atoms with Crippen LogP contribution in [0.1, 0.15) is 83.2 Å². The summed E-state index contributed by atoms with van der Waals surface area (Å²) in [5.74, 6) is 0. The number of fused-ring (bicyclic) bond motifs is 4. The summed E-state index contributed by atoms with van der Waals surface area (Å²) in [6, 6.07) is 45.0. The van der Waals surface area contributed by atoms with Gasteiger partial charge in [0.2, 0.25) is 0 Å². The van der Waals surface area contributed by atoms with E-state index in [1.165, 1.54) is 72.0 Å². The second-order valence-corrected chi connectivity index (χ2v) is 15.9. The first-order valence-corrected chi connectivity index (χ1v) is 17.1. The maximum absolute atomic E-state index is 3.75. The van der Waals surface area contributed by atoms with Crippen molar-refractivity contribution in [2.24, 2.45) is 0 Å². The van der Waals surface area contributed by atoms with E-state index in [2.05, 4.69) is 182 Å². The molecule has 0 aliphatic heterocycles. The van der Waals surface area contributed by atoms with Crippen molar-refractivity contribution in [1.29, 1.82) is 0 Å². The van der Waals surface area contributed by atoms with Gasteiger partial charge >= 0.3 is 0 Å². The number of rotatable bonds is 5. The van der Waals surface area contributed by atoms with E-state index in [9.17, 15) is 0 Å². The van der Waals surface area contributed by atoms with Crippen LogP contribution in [0.3, 0.4) is 0 Å². The number of benzene rings is 6. The highest BCUT2D eigenvalue weighted by Crippen LogP contribution is 2.56. The van der Waals surface area contributed by atoms with Gasteiger partial charge in [0.15, 0.2) is 0 Å². The summed E-state index contributed by atoms with van der Waals surface area (Å²) in [7, 11) is 0. The molecular formula is C46H47N. The van der Waals surface area contributed by atoms with Crippen molar-refractivity contribution in [3.63, 3.8) is 0 Å². The van der Waals surface area contributed by atoms with Crippen LogP contribution in [-0.4, -0.2) is 0 Å². The van der Waals surface area contributed by atoms with Gasteiger partial charge in [-0.1, -0.05) is 165 Å². The molecule has 6 aromatic carbocycles. The van der Waals surface area contributed by atoms with E-state index in [0.717, 1.165) is 12.2 Å². The Bertz CT molecular complexity index is 2110. The van der Waals surface area contributed by atoms with E-state index in [-0.39, 0.29) is 16.2 Å². The molecule has 0 fully saturated rings. The maximum Gasteiger partial charge on any atom is 0.0406 e. The fourth-order valence-electron chi connectivity index (χ4n) is 7.52. The van der Waals surface area contributed by atoms with E-state index in [0.29, 0.717) is 0 Å². The molecule has 6 aromatic rings. The van der Waals surface area contributed by atoms with Gasteiger partial charge in [0.1, 0.15) is 0 Å². The summed E-state index contributed by atoms with van der Waals surface area (Å²) in [5, 5.41) is 6.31. The van der Waals surface area contributed by atoms with Crippen LogP contribution in [0.25, 0.3) is 44.2 Å². The average Bonchev–Trinajstić information content (AvgIpc) is 3.29. The molecule has 1 heteroatoms. The lowest BCUT2D eigenvalue weighted by atomic mass is 9.74. The van der Waals surface area contributed by atoms with Gasteiger partial charge in [-0.25, -0.2) is 0 Å². The monoisotopic (exact) mass is 613 g/mol. The average molecular weight is 614 g/mol. The van der Waals surface area contributed by atoms with Gasteiger partial charge in [0.05, 0.1) is 0 Å². The highest BCUT2D eigenvalue weighted by atomic mass is 14.9. The Balaban J connectivity index is 1.27. The number of nitrogens with one attached hydrogen (secondary N) is 1. The Morgan fingerprint density at radius 3 is 1.94 bits per heavy atom. The van der Waals surface area contributed by atoms with Gasteiger partial charge < -0.3 is 5.32 Å². The fourth-order valence-corrected chi connectivity index (χ4v) is 7.52. The minimum Gasteiger partial charge on any atom is -0.381 e. The van der Waals surface area contributed by atoms with Crippen molar-refractivity contribution in [3.8, 4) is 33.4 Å². The molecule has 0 aromatic heterocycles. The summed E-state index contributed by atoms with van der Waals surface area (Å²) in [6.07, 6.45) is 0. The van der Waals surface area contributed by atoms with Crippen molar-refractivity contribution in [2.75, 3.05) is 5.32 Å². The second-order valence-electron chi connectivity index (χ2n) is 15.9. The second kappa shape index (κ2) is 11.3. The molecule has 0 spiro atoms. The van der Waals surface area contributed by atoms with E-state index in [1.54, 1.807) is 0 Å². The topological polar surface area (TPSA) is 12.0 Å². The number of hydrogen-bond donors (Lipinski definition) is 1. The normalized spacial score (nSPS) is 13.8. The molecule has 0 amide bonds. The van der Waals surface area contributed by atoms with E-state index >= 15 is 0 Å². The first kappa shape index (κ1) is 31.0. The molecule has 0 bridgehead atoms. The molecule has 47 heavy (non-hydrogen) atoms. The van der Waals surface area contributed by atoms with Gasteiger partial charge in [-0.2, -0.15) is 0 Å². The zero-order valence-corrected chi connectivity index (χ0v) is 29.3. The molecule has 236 valence electrons. The van der Waals surface area contributed by atoms with Crippen LogP contribution in [0, 0.1) is 0 Å². The van der Waals surface area contributed by atoms with Gasteiger partial charge in [-0.3, -0.25) is 0 Å². The molecule has 0 saturated carbocycles. The molecular weight excluding hydrogens is 567 g/mol. The molecule has 1 aliphatic carbocycles. The minimum atomic E-state index is -0.0824.